The predicted molar refractivity (Wildman–Crippen MR) is 73.4 cm³/mol. The van der Waals surface area contributed by atoms with Crippen LogP contribution in [0.3, 0.4) is 0 Å². The van der Waals surface area contributed by atoms with Gasteiger partial charge in [0.2, 0.25) is 0 Å². The third kappa shape index (κ3) is 3.59. The number of aliphatic carboxylic acids is 1. The summed E-state index contributed by atoms with van der Waals surface area (Å²) >= 11 is 0. The number of nitrogens with one attached hydrogen (secondary N) is 2. The van der Waals surface area contributed by atoms with Crippen molar-refractivity contribution in [2.24, 2.45) is 11.8 Å². The molecule has 0 aromatic carbocycles. The number of carboxylic acids is 1. The maximum Gasteiger partial charge on any atom is 0.306 e. The Labute approximate surface area is 118 Å². The zero-order chi connectivity index (χ0) is 14.7. The van der Waals surface area contributed by atoms with E-state index in [2.05, 4.69) is 29.4 Å². The molecule has 2 rings (SSSR count). The van der Waals surface area contributed by atoms with Gasteiger partial charge in [-0.25, -0.2) is 0 Å². The number of amides is 1. The summed E-state index contributed by atoms with van der Waals surface area (Å²) in [6.07, 6.45) is 2.70. The van der Waals surface area contributed by atoms with Crippen LogP contribution < -0.4 is 5.32 Å². The lowest BCUT2D eigenvalue weighted by molar-refractivity contribution is -0.141. The van der Waals surface area contributed by atoms with Gasteiger partial charge < -0.3 is 10.4 Å². The maximum atomic E-state index is 12.0. The van der Waals surface area contributed by atoms with Crippen LogP contribution in [0.25, 0.3) is 0 Å². The Hall–Kier alpha value is -1.85. The van der Waals surface area contributed by atoms with Crippen LogP contribution >= 0.6 is 0 Å². The molecular formula is C14H21N3O3. The van der Waals surface area contributed by atoms with Crippen LogP contribution in [-0.4, -0.2) is 33.2 Å². The van der Waals surface area contributed by atoms with Crippen LogP contribution in [0.15, 0.2) is 6.07 Å². The quantitative estimate of drug-likeness (QED) is 0.762. The molecule has 6 heteroatoms. The molecule has 0 spiro atoms. The summed E-state index contributed by atoms with van der Waals surface area (Å²) in [7, 11) is 0. The highest BCUT2D eigenvalue weighted by atomic mass is 16.4. The molecular weight excluding hydrogens is 258 g/mol. The summed E-state index contributed by atoms with van der Waals surface area (Å²) in [6.45, 7) is 4.20. The number of nitrogens with zero attached hydrogens (tertiary/aromatic N) is 1. The smallest absolute Gasteiger partial charge is 0.306 e. The van der Waals surface area contributed by atoms with Crippen molar-refractivity contribution in [3.05, 3.63) is 17.5 Å². The van der Waals surface area contributed by atoms with E-state index in [0.717, 1.165) is 12.1 Å². The normalized spacial score (nSPS) is 22.1. The van der Waals surface area contributed by atoms with E-state index in [4.69, 9.17) is 5.11 Å². The molecule has 1 amide bonds. The van der Waals surface area contributed by atoms with Crippen LogP contribution in [0, 0.1) is 11.8 Å². The number of carbonyl (C=O) groups is 2. The zero-order valence-electron chi connectivity index (χ0n) is 11.8. The molecule has 1 aliphatic rings. The molecule has 0 unspecified atom stereocenters. The molecule has 110 valence electrons. The molecule has 0 saturated heterocycles. The molecule has 3 N–H and O–H groups in total. The fourth-order valence-corrected chi connectivity index (χ4v) is 2.62. The van der Waals surface area contributed by atoms with Gasteiger partial charge in [0, 0.05) is 11.7 Å². The summed E-state index contributed by atoms with van der Waals surface area (Å²) in [5, 5.41) is 18.7. The lowest BCUT2D eigenvalue weighted by Crippen LogP contribution is -2.33. The van der Waals surface area contributed by atoms with Gasteiger partial charge in [-0.1, -0.05) is 13.8 Å². The summed E-state index contributed by atoms with van der Waals surface area (Å²) in [5.74, 6) is -0.846. The summed E-state index contributed by atoms with van der Waals surface area (Å²) < 4.78 is 0. The van der Waals surface area contributed by atoms with Crippen molar-refractivity contribution in [2.75, 3.05) is 0 Å². The number of rotatable bonds is 5. The fraction of sp³-hybridized carbons (Fsp3) is 0.643. The first-order valence-electron chi connectivity index (χ1n) is 7.03. The maximum absolute atomic E-state index is 12.0. The fourth-order valence-electron chi connectivity index (χ4n) is 2.62. The molecule has 0 bridgehead atoms. The van der Waals surface area contributed by atoms with Gasteiger partial charge in [0.1, 0.15) is 5.69 Å². The molecule has 1 saturated carbocycles. The van der Waals surface area contributed by atoms with Crippen molar-refractivity contribution in [3.8, 4) is 0 Å². The van der Waals surface area contributed by atoms with Crippen molar-refractivity contribution in [1.29, 1.82) is 0 Å². The molecule has 0 aliphatic heterocycles. The van der Waals surface area contributed by atoms with E-state index in [1.165, 1.54) is 0 Å². The molecule has 1 aromatic heterocycles. The molecule has 20 heavy (non-hydrogen) atoms. The second-order valence-electron chi connectivity index (χ2n) is 5.89. The minimum atomic E-state index is -0.777. The Kier molecular flexibility index (Phi) is 4.42. The Morgan fingerprint density at radius 1 is 1.50 bits per heavy atom. The van der Waals surface area contributed by atoms with Gasteiger partial charge in [0.15, 0.2) is 0 Å². The molecule has 2 atom stereocenters. The largest absolute Gasteiger partial charge is 0.481 e. The Morgan fingerprint density at radius 2 is 2.25 bits per heavy atom. The highest BCUT2D eigenvalue weighted by molar-refractivity contribution is 5.92. The lowest BCUT2D eigenvalue weighted by Gasteiger charge is -2.10. The standard InChI is InChI=1S/C14H21N3O3/c1-8(2)5-11-7-12(17-16-11)13(18)15-10-4-3-9(6-10)14(19)20/h7-10H,3-6H2,1-2H3,(H,15,18)(H,16,17)(H,19,20)/t9-,10+/m0/s1. The third-order valence-electron chi connectivity index (χ3n) is 3.61. The Bertz CT molecular complexity index is 496. The number of carboxylic acid groups (broad SMARTS) is 1. The molecule has 1 aromatic rings. The van der Waals surface area contributed by atoms with E-state index in [1.54, 1.807) is 6.07 Å². The van der Waals surface area contributed by atoms with Crippen LogP contribution in [0.5, 0.6) is 0 Å². The summed E-state index contributed by atoms with van der Waals surface area (Å²) in [6, 6.07) is 1.70. The minimum absolute atomic E-state index is 0.0613. The highest BCUT2D eigenvalue weighted by Crippen LogP contribution is 2.25. The lowest BCUT2D eigenvalue weighted by atomic mass is 10.1. The zero-order valence-corrected chi connectivity index (χ0v) is 11.8. The van der Waals surface area contributed by atoms with Gasteiger partial charge in [-0.15, -0.1) is 0 Å². The van der Waals surface area contributed by atoms with E-state index in [-0.39, 0.29) is 17.9 Å². The Balaban J connectivity index is 1.89. The van der Waals surface area contributed by atoms with Crippen molar-refractivity contribution < 1.29 is 14.7 Å². The average molecular weight is 279 g/mol. The first-order valence-corrected chi connectivity index (χ1v) is 7.03. The first kappa shape index (κ1) is 14.6. The van der Waals surface area contributed by atoms with Crippen molar-refractivity contribution >= 4 is 11.9 Å². The van der Waals surface area contributed by atoms with E-state index < -0.39 is 5.97 Å². The number of aromatic nitrogens is 2. The van der Waals surface area contributed by atoms with Gasteiger partial charge >= 0.3 is 5.97 Å². The highest BCUT2D eigenvalue weighted by Gasteiger charge is 2.31. The average Bonchev–Trinajstić information content (AvgIpc) is 2.97. The number of hydrogen-bond donors (Lipinski definition) is 3. The predicted octanol–water partition coefficient (Wildman–Crippen LogP) is 1.59. The number of aromatic amines is 1. The van der Waals surface area contributed by atoms with Gasteiger partial charge in [-0.05, 0) is 37.7 Å². The topological polar surface area (TPSA) is 95.1 Å². The second-order valence-corrected chi connectivity index (χ2v) is 5.89. The molecule has 0 radical (unpaired) electrons. The van der Waals surface area contributed by atoms with Crippen molar-refractivity contribution in [1.82, 2.24) is 15.5 Å². The van der Waals surface area contributed by atoms with Crippen LogP contribution in [0.1, 0.15) is 49.3 Å². The second kappa shape index (κ2) is 6.07. The molecule has 1 heterocycles. The molecule has 6 nitrogen and oxygen atoms in total. The van der Waals surface area contributed by atoms with E-state index >= 15 is 0 Å². The monoisotopic (exact) mass is 279 g/mol. The molecule has 1 fully saturated rings. The SMILES string of the molecule is CC(C)Cc1cc(C(=O)N[C@@H]2CC[C@H](C(=O)O)C2)n[nH]1. The van der Waals surface area contributed by atoms with E-state index in [0.29, 0.717) is 30.9 Å². The van der Waals surface area contributed by atoms with Gasteiger partial charge in [0.05, 0.1) is 5.92 Å². The van der Waals surface area contributed by atoms with Crippen LogP contribution in [-0.2, 0) is 11.2 Å². The van der Waals surface area contributed by atoms with Crippen molar-refractivity contribution in [3.63, 3.8) is 0 Å². The van der Waals surface area contributed by atoms with Crippen molar-refractivity contribution in [2.45, 2.75) is 45.6 Å². The van der Waals surface area contributed by atoms with Crippen LogP contribution in [0.2, 0.25) is 0 Å². The van der Waals surface area contributed by atoms with Crippen LogP contribution in [0.4, 0.5) is 0 Å². The number of carbonyl (C=O) groups excluding carboxylic acids is 1. The van der Waals surface area contributed by atoms with Gasteiger partial charge in [-0.2, -0.15) is 5.10 Å². The number of hydrogen-bond acceptors (Lipinski definition) is 3. The minimum Gasteiger partial charge on any atom is -0.481 e. The third-order valence-corrected chi connectivity index (χ3v) is 3.61. The Morgan fingerprint density at radius 3 is 2.85 bits per heavy atom. The number of H-pyrrole nitrogens is 1. The van der Waals surface area contributed by atoms with Gasteiger partial charge in [0.25, 0.3) is 5.91 Å². The summed E-state index contributed by atoms with van der Waals surface area (Å²) in [4.78, 5) is 22.9. The van der Waals surface area contributed by atoms with E-state index in [1.807, 2.05) is 0 Å². The summed E-state index contributed by atoms with van der Waals surface area (Å²) in [5.41, 5.74) is 1.32. The molecule has 1 aliphatic carbocycles. The van der Waals surface area contributed by atoms with Gasteiger partial charge in [-0.3, -0.25) is 14.7 Å². The van der Waals surface area contributed by atoms with E-state index in [9.17, 15) is 9.59 Å². The first-order chi connectivity index (χ1) is 9.45.